The summed E-state index contributed by atoms with van der Waals surface area (Å²) in [6, 6.07) is 9.89. The molecule has 0 aliphatic carbocycles. The van der Waals surface area contributed by atoms with E-state index in [0.29, 0.717) is 6.42 Å². The van der Waals surface area contributed by atoms with Crippen LogP contribution in [0.4, 0.5) is 8.78 Å². The molecular formula is C11H12F2. The molecule has 0 spiro atoms. The lowest BCUT2D eigenvalue weighted by Crippen LogP contribution is -1.82. The molecule has 1 aromatic carbocycles. The first-order chi connectivity index (χ1) is 6.29. The van der Waals surface area contributed by atoms with E-state index >= 15 is 0 Å². The molecule has 0 bridgehead atoms. The third kappa shape index (κ3) is 4.41. The second-order valence-corrected chi connectivity index (χ2v) is 2.87. The topological polar surface area (TPSA) is 0 Å². The minimum Gasteiger partial charge on any atom is -0.174 e. The lowest BCUT2D eigenvalue weighted by atomic mass is 10.1. The van der Waals surface area contributed by atoms with Gasteiger partial charge in [0.05, 0.1) is 0 Å². The maximum Gasteiger partial charge on any atom is 0.266 e. The van der Waals surface area contributed by atoms with Gasteiger partial charge in [0.1, 0.15) is 0 Å². The molecule has 0 aromatic heterocycles. The van der Waals surface area contributed by atoms with Crippen molar-refractivity contribution in [3.63, 3.8) is 0 Å². The monoisotopic (exact) mass is 182 g/mol. The number of halogens is 2. The molecule has 0 heterocycles. The molecule has 70 valence electrons. The largest absolute Gasteiger partial charge is 0.266 e. The predicted molar refractivity (Wildman–Crippen MR) is 49.7 cm³/mol. The van der Waals surface area contributed by atoms with Crippen LogP contribution in [0.5, 0.6) is 0 Å². The van der Waals surface area contributed by atoms with E-state index in [2.05, 4.69) is 0 Å². The SMILES string of the molecule is FC(F)=CCCCc1ccccc1. The highest BCUT2D eigenvalue weighted by Crippen LogP contribution is 2.07. The van der Waals surface area contributed by atoms with Crippen LogP contribution in [0.25, 0.3) is 0 Å². The van der Waals surface area contributed by atoms with Gasteiger partial charge in [-0.3, -0.25) is 0 Å². The van der Waals surface area contributed by atoms with E-state index in [9.17, 15) is 8.78 Å². The van der Waals surface area contributed by atoms with Gasteiger partial charge in [-0.15, -0.1) is 0 Å². The summed E-state index contributed by atoms with van der Waals surface area (Å²) in [5.74, 6) is 0. The number of aryl methyl sites for hydroxylation is 1. The van der Waals surface area contributed by atoms with E-state index in [1.807, 2.05) is 30.3 Å². The molecule has 0 aliphatic heterocycles. The first-order valence-corrected chi connectivity index (χ1v) is 4.34. The maximum atomic E-state index is 11.6. The van der Waals surface area contributed by atoms with Gasteiger partial charge in [-0.05, 0) is 30.9 Å². The van der Waals surface area contributed by atoms with E-state index in [1.165, 1.54) is 5.56 Å². The molecule has 0 fully saturated rings. The van der Waals surface area contributed by atoms with E-state index in [1.54, 1.807) is 0 Å². The van der Waals surface area contributed by atoms with Crippen LogP contribution in [0, 0.1) is 0 Å². The first kappa shape index (κ1) is 9.90. The zero-order chi connectivity index (χ0) is 9.52. The summed E-state index contributed by atoms with van der Waals surface area (Å²) in [4.78, 5) is 0. The molecule has 1 aromatic rings. The van der Waals surface area contributed by atoms with Gasteiger partial charge in [-0.1, -0.05) is 30.3 Å². The average molecular weight is 182 g/mol. The summed E-state index contributed by atoms with van der Waals surface area (Å²) in [7, 11) is 0. The summed E-state index contributed by atoms with van der Waals surface area (Å²) >= 11 is 0. The molecule has 0 N–H and O–H groups in total. The number of hydrogen-bond acceptors (Lipinski definition) is 0. The number of rotatable bonds is 4. The molecular weight excluding hydrogens is 170 g/mol. The van der Waals surface area contributed by atoms with Gasteiger partial charge >= 0.3 is 0 Å². The summed E-state index contributed by atoms with van der Waals surface area (Å²) in [5.41, 5.74) is 1.20. The van der Waals surface area contributed by atoms with Crippen LogP contribution in [0.1, 0.15) is 18.4 Å². The second-order valence-electron chi connectivity index (χ2n) is 2.87. The number of allylic oxidation sites excluding steroid dienone is 1. The van der Waals surface area contributed by atoms with E-state index in [-0.39, 0.29) is 0 Å². The van der Waals surface area contributed by atoms with Crippen molar-refractivity contribution in [3.8, 4) is 0 Å². The minimum atomic E-state index is -1.58. The van der Waals surface area contributed by atoms with Crippen molar-refractivity contribution >= 4 is 0 Å². The Morgan fingerprint density at radius 2 is 1.85 bits per heavy atom. The first-order valence-electron chi connectivity index (χ1n) is 4.34. The Morgan fingerprint density at radius 3 is 2.46 bits per heavy atom. The molecule has 0 saturated carbocycles. The van der Waals surface area contributed by atoms with Crippen LogP contribution >= 0.6 is 0 Å². The molecule has 1 rings (SSSR count). The predicted octanol–water partition coefficient (Wildman–Crippen LogP) is 3.79. The Bertz CT molecular complexity index is 261. The Labute approximate surface area is 76.9 Å². The van der Waals surface area contributed by atoms with Gasteiger partial charge in [-0.25, -0.2) is 0 Å². The fourth-order valence-electron chi connectivity index (χ4n) is 1.16. The van der Waals surface area contributed by atoms with Crippen molar-refractivity contribution < 1.29 is 8.78 Å². The molecule has 0 amide bonds. The van der Waals surface area contributed by atoms with Crippen LogP contribution in [-0.4, -0.2) is 0 Å². The second kappa shape index (κ2) is 5.46. The molecule has 0 unspecified atom stereocenters. The lowest BCUT2D eigenvalue weighted by Gasteiger charge is -1.97. The van der Waals surface area contributed by atoms with Crippen molar-refractivity contribution in [3.05, 3.63) is 48.1 Å². The normalized spacial score (nSPS) is 9.69. The smallest absolute Gasteiger partial charge is 0.174 e. The van der Waals surface area contributed by atoms with Gasteiger partial charge in [0, 0.05) is 0 Å². The van der Waals surface area contributed by atoms with Crippen LogP contribution < -0.4 is 0 Å². The molecule has 13 heavy (non-hydrogen) atoms. The van der Waals surface area contributed by atoms with Gasteiger partial charge in [-0.2, -0.15) is 8.78 Å². The van der Waals surface area contributed by atoms with Crippen LogP contribution in [0.15, 0.2) is 42.5 Å². The molecule has 0 aliphatic rings. The molecule has 0 atom stereocenters. The standard InChI is InChI=1S/C11H12F2/c12-11(13)9-5-4-8-10-6-2-1-3-7-10/h1-3,6-7,9H,4-5,8H2. The number of hydrogen-bond donors (Lipinski definition) is 0. The van der Waals surface area contributed by atoms with Crippen molar-refractivity contribution in [2.45, 2.75) is 19.3 Å². The highest BCUT2D eigenvalue weighted by molar-refractivity contribution is 5.14. The zero-order valence-corrected chi connectivity index (χ0v) is 7.34. The number of unbranched alkanes of at least 4 members (excludes halogenated alkanes) is 1. The lowest BCUT2D eigenvalue weighted by molar-refractivity contribution is 0.417. The third-order valence-corrected chi connectivity index (χ3v) is 1.81. The van der Waals surface area contributed by atoms with Gasteiger partial charge in [0.25, 0.3) is 6.08 Å². The molecule has 2 heteroatoms. The van der Waals surface area contributed by atoms with Gasteiger partial charge in [0.15, 0.2) is 0 Å². The Morgan fingerprint density at radius 1 is 1.15 bits per heavy atom. The fraction of sp³-hybridized carbons (Fsp3) is 0.273. The fourth-order valence-corrected chi connectivity index (χ4v) is 1.16. The van der Waals surface area contributed by atoms with Crippen molar-refractivity contribution in [1.29, 1.82) is 0 Å². The third-order valence-electron chi connectivity index (χ3n) is 1.81. The molecule has 0 saturated heterocycles. The quantitative estimate of drug-likeness (QED) is 0.621. The van der Waals surface area contributed by atoms with E-state index in [0.717, 1.165) is 18.9 Å². The summed E-state index contributed by atoms with van der Waals surface area (Å²) in [5, 5.41) is 0. The zero-order valence-electron chi connectivity index (χ0n) is 7.34. The molecule has 0 radical (unpaired) electrons. The Kier molecular flexibility index (Phi) is 4.16. The average Bonchev–Trinajstić information content (AvgIpc) is 2.14. The Balaban J connectivity index is 2.25. The highest BCUT2D eigenvalue weighted by atomic mass is 19.3. The van der Waals surface area contributed by atoms with E-state index < -0.39 is 6.08 Å². The Hall–Kier alpha value is -1.18. The summed E-state index contributed by atoms with van der Waals surface area (Å²) < 4.78 is 23.2. The summed E-state index contributed by atoms with van der Waals surface area (Å²) in [6.45, 7) is 0. The van der Waals surface area contributed by atoms with Crippen molar-refractivity contribution in [1.82, 2.24) is 0 Å². The summed E-state index contributed by atoms with van der Waals surface area (Å²) in [6.07, 6.45) is 1.50. The molecule has 0 nitrogen and oxygen atoms in total. The van der Waals surface area contributed by atoms with E-state index in [4.69, 9.17) is 0 Å². The van der Waals surface area contributed by atoms with Gasteiger partial charge < -0.3 is 0 Å². The van der Waals surface area contributed by atoms with Crippen molar-refractivity contribution in [2.24, 2.45) is 0 Å². The maximum absolute atomic E-state index is 11.6. The minimum absolute atomic E-state index is 0.456. The van der Waals surface area contributed by atoms with Crippen molar-refractivity contribution in [2.75, 3.05) is 0 Å². The number of benzene rings is 1. The van der Waals surface area contributed by atoms with Crippen LogP contribution in [0.3, 0.4) is 0 Å². The highest BCUT2D eigenvalue weighted by Gasteiger charge is 1.91. The van der Waals surface area contributed by atoms with Gasteiger partial charge in [0.2, 0.25) is 0 Å². The van der Waals surface area contributed by atoms with Crippen LogP contribution in [-0.2, 0) is 6.42 Å². The van der Waals surface area contributed by atoms with Crippen LogP contribution in [0.2, 0.25) is 0 Å².